The van der Waals surface area contributed by atoms with Gasteiger partial charge in [-0.1, -0.05) is 18.2 Å². The second-order valence-electron chi connectivity index (χ2n) is 6.29. The van der Waals surface area contributed by atoms with E-state index < -0.39 is 0 Å². The molecule has 1 N–H and O–H groups in total. The van der Waals surface area contributed by atoms with Gasteiger partial charge in [0.15, 0.2) is 0 Å². The first-order valence-electron chi connectivity index (χ1n) is 7.99. The maximum Gasteiger partial charge on any atom is 0.241 e. The van der Waals surface area contributed by atoms with Crippen molar-refractivity contribution in [3.8, 4) is 0 Å². The second-order valence-corrected chi connectivity index (χ2v) is 6.29. The van der Waals surface area contributed by atoms with Crippen LogP contribution >= 0.6 is 0 Å². The Bertz CT molecular complexity index is 569. The van der Waals surface area contributed by atoms with Gasteiger partial charge in [-0.05, 0) is 44.4 Å². The van der Waals surface area contributed by atoms with Crippen LogP contribution < -0.4 is 10.2 Å². The van der Waals surface area contributed by atoms with Crippen LogP contribution in [0.25, 0.3) is 0 Å². The predicted molar refractivity (Wildman–Crippen MR) is 85.8 cm³/mol. The molecule has 0 atom stereocenters. The molecule has 0 unspecified atom stereocenters. The number of hydrogen-bond acceptors (Lipinski definition) is 3. The highest BCUT2D eigenvalue weighted by Crippen LogP contribution is 2.26. The third kappa shape index (κ3) is 3.65. The molecule has 118 valence electrons. The minimum absolute atomic E-state index is 0.0110. The average Bonchev–Trinajstić information content (AvgIpc) is 3.30. The Balaban J connectivity index is 1.56. The van der Waals surface area contributed by atoms with Gasteiger partial charge < -0.3 is 10.2 Å². The number of nitrogens with one attached hydrogen (secondary N) is 1. The van der Waals surface area contributed by atoms with Crippen LogP contribution in [0, 0.1) is 0 Å². The minimum Gasteiger partial charge on any atom is -0.352 e. The molecule has 22 heavy (non-hydrogen) atoms. The maximum atomic E-state index is 12.5. The molecular weight excluding hydrogens is 278 g/mol. The summed E-state index contributed by atoms with van der Waals surface area (Å²) >= 11 is 0. The maximum absolute atomic E-state index is 12.5. The number of para-hydroxylation sites is 1. The van der Waals surface area contributed by atoms with Crippen molar-refractivity contribution in [2.75, 3.05) is 31.6 Å². The first-order valence-corrected chi connectivity index (χ1v) is 7.99. The lowest BCUT2D eigenvalue weighted by Gasteiger charge is -2.30. The number of carbonyl (C=O) groups is 2. The molecule has 0 radical (unpaired) electrons. The van der Waals surface area contributed by atoms with Gasteiger partial charge in [-0.15, -0.1) is 0 Å². The Morgan fingerprint density at radius 3 is 2.82 bits per heavy atom. The minimum atomic E-state index is 0.0110. The van der Waals surface area contributed by atoms with E-state index >= 15 is 0 Å². The highest BCUT2D eigenvalue weighted by atomic mass is 16.2. The summed E-state index contributed by atoms with van der Waals surface area (Å²) in [5.74, 6) is 0.0747. The number of hydrogen-bond donors (Lipinski definition) is 1. The van der Waals surface area contributed by atoms with Crippen LogP contribution in [0.5, 0.6) is 0 Å². The lowest BCUT2D eigenvalue weighted by Crippen LogP contribution is -2.44. The fraction of sp³-hybridized carbons (Fsp3) is 0.529. The molecule has 5 nitrogen and oxygen atoms in total. The quantitative estimate of drug-likeness (QED) is 0.888. The summed E-state index contributed by atoms with van der Waals surface area (Å²) in [5.41, 5.74) is 2.26. The fourth-order valence-corrected chi connectivity index (χ4v) is 2.91. The molecule has 1 saturated carbocycles. The van der Waals surface area contributed by atoms with Crippen molar-refractivity contribution in [3.63, 3.8) is 0 Å². The highest BCUT2D eigenvalue weighted by Gasteiger charge is 2.25. The Labute approximate surface area is 131 Å². The van der Waals surface area contributed by atoms with E-state index in [-0.39, 0.29) is 24.9 Å². The Hall–Kier alpha value is -1.88. The van der Waals surface area contributed by atoms with Gasteiger partial charge in [-0.3, -0.25) is 14.5 Å². The van der Waals surface area contributed by atoms with E-state index in [2.05, 4.69) is 11.4 Å². The van der Waals surface area contributed by atoms with Crippen molar-refractivity contribution in [1.29, 1.82) is 0 Å². The van der Waals surface area contributed by atoms with E-state index in [9.17, 15) is 9.59 Å². The lowest BCUT2D eigenvalue weighted by atomic mass is 10.0. The molecule has 0 saturated heterocycles. The van der Waals surface area contributed by atoms with Crippen molar-refractivity contribution in [2.24, 2.45) is 0 Å². The lowest BCUT2D eigenvalue weighted by molar-refractivity contribution is -0.123. The molecule has 2 amide bonds. The summed E-state index contributed by atoms with van der Waals surface area (Å²) in [4.78, 5) is 28.0. The molecule has 5 heteroatoms. The number of benzene rings is 1. The topological polar surface area (TPSA) is 52.7 Å². The van der Waals surface area contributed by atoms with Gasteiger partial charge >= 0.3 is 0 Å². The average molecular weight is 301 g/mol. The Morgan fingerprint density at radius 2 is 2.05 bits per heavy atom. The fourth-order valence-electron chi connectivity index (χ4n) is 2.91. The number of fused-ring (bicyclic) bond motifs is 1. The normalized spacial score (nSPS) is 17.3. The van der Waals surface area contributed by atoms with Gasteiger partial charge in [-0.2, -0.15) is 0 Å². The first kappa shape index (κ1) is 15.0. The molecule has 1 fully saturated rings. The van der Waals surface area contributed by atoms with E-state index in [4.69, 9.17) is 0 Å². The van der Waals surface area contributed by atoms with Crippen LogP contribution in [-0.4, -0.2) is 49.4 Å². The zero-order chi connectivity index (χ0) is 15.5. The van der Waals surface area contributed by atoms with Crippen molar-refractivity contribution >= 4 is 17.5 Å². The molecular formula is C17H23N3O2. The SMILES string of the molecule is CN(CC(=O)NC1CC1)CC(=O)N1CCCc2ccccc21. The van der Waals surface area contributed by atoms with Gasteiger partial charge in [0.25, 0.3) is 0 Å². The molecule has 1 aliphatic carbocycles. The molecule has 2 aliphatic rings. The first-order chi connectivity index (χ1) is 10.6. The van der Waals surface area contributed by atoms with E-state index in [0.717, 1.165) is 37.9 Å². The molecule has 0 spiro atoms. The van der Waals surface area contributed by atoms with Crippen LogP contribution in [0.2, 0.25) is 0 Å². The van der Waals surface area contributed by atoms with E-state index in [1.165, 1.54) is 5.56 Å². The van der Waals surface area contributed by atoms with Crippen molar-refractivity contribution < 1.29 is 9.59 Å². The molecule has 0 bridgehead atoms. The van der Waals surface area contributed by atoms with E-state index in [1.54, 1.807) is 4.90 Å². The Morgan fingerprint density at radius 1 is 1.27 bits per heavy atom. The third-order valence-electron chi connectivity index (χ3n) is 4.17. The number of anilines is 1. The summed E-state index contributed by atoms with van der Waals surface area (Å²) < 4.78 is 0. The number of rotatable bonds is 5. The summed E-state index contributed by atoms with van der Waals surface area (Å²) in [6, 6.07) is 8.44. The number of nitrogens with zero attached hydrogens (tertiary/aromatic N) is 2. The molecule has 0 aromatic heterocycles. The molecule has 1 heterocycles. The monoisotopic (exact) mass is 301 g/mol. The van der Waals surface area contributed by atoms with Crippen LogP contribution in [0.4, 0.5) is 5.69 Å². The highest BCUT2D eigenvalue weighted by molar-refractivity contribution is 5.96. The Kier molecular flexibility index (Phi) is 4.43. The number of carbonyl (C=O) groups excluding carboxylic acids is 2. The molecule has 1 aromatic rings. The number of amides is 2. The standard InChI is InChI=1S/C17H23N3O2/c1-19(11-16(21)18-14-8-9-14)12-17(22)20-10-4-6-13-5-2-3-7-15(13)20/h2-3,5,7,14H,4,6,8-12H2,1H3,(H,18,21). The molecule has 3 rings (SSSR count). The van der Waals surface area contributed by atoms with Crippen molar-refractivity contribution in [2.45, 2.75) is 31.7 Å². The summed E-state index contributed by atoms with van der Waals surface area (Å²) in [5, 5.41) is 2.95. The predicted octanol–water partition coefficient (Wildman–Crippen LogP) is 1.18. The third-order valence-corrected chi connectivity index (χ3v) is 4.17. The zero-order valence-corrected chi connectivity index (χ0v) is 13.0. The summed E-state index contributed by atoms with van der Waals surface area (Å²) in [6.07, 6.45) is 4.19. The zero-order valence-electron chi connectivity index (χ0n) is 13.0. The van der Waals surface area contributed by atoms with Gasteiger partial charge in [-0.25, -0.2) is 0 Å². The number of likely N-dealkylation sites (N-methyl/N-ethyl adjacent to an activating group) is 1. The number of aryl methyl sites for hydroxylation is 1. The molecule has 1 aliphatic heterocycles. The van der Waals surface area contributed by atoms with E-state index in [1.807, 2.05) is 30.1 Å². The smallest absolute Gasteiger partial charge is 0.241 e. The van der Waals surface area contributed by atoms with Gasteiger partial charge in [0.2, 0.25) is 11.8 Å². The van der Waals surface area contributed by atoms with Crippen LogP contribution in [0.15, 0.2) is 24.3 Å². The van der Waals surface area contributed by atoms with Crippen LogP contribution in [0.1, 0.15) is 24.8 Å². The second kappa shape index (κ2) is 6.48. The van der Waals surface area contributed by atoms with Crippen LogP contribution in [-0.2, 0) is 16.0 Å². The molecule has 1 aromatic carbocycles. The summed E-state index contributed by atoms with van der Waals surface area (Å²) in [7, 11) is 1.82. The van der Waals surface area contributed by atoms with Crippen molar-refractivity contribution in [3.05, 3.63) is 29.8 Å². The summed E-state index contributed by atoms with van der Waals surface area (Å²) in [6.45, 7) is 1.31. The van der Waals surface area contributed by atoms with Gasteiger partial charge in [0.1, 0.15) is 0 Å². The van der Waals surface area contributed by atoms with Crippen molar-refractivity contribution in [1.82, 2.24) is 10.2 Å². The largest absolute Gasteiger partial charge is 0.352 e. The van der Waals surface area contributed by atoms with Crippen LogP contribution in [0.3, 0.4) is 0 Å². The van der Waals surface area contributed by atoms with E-state index in [0.29, 0.717) is 6.04 Å². The van der Waals surface area contributed by atoms with Gasteiger partial charge in [0.05, 0.1) is 13.1 Å². The van der Waals surface area contributed by atoms with Gasteiger partial charge in [0, 0.05) is 18.3 Å².